The summed E-state index contributed by atoms with van der Waals surface area (Å²) in [5.41, 5.74) is 1.79. The van der Waals surface area contributed by atoms with Crippen LogP contribution in [0.1, 0.15) is 41.6 Å². The van der Waals surface area contributed by atoms with Crippen LogP contribution in [-0.2, 0) is 4.79 Å². The van der Waals surface area contributed by atoms with Crippen LogP contribution in [0.3, 0.4) is 0 Å². The van der Waals surface area contributed by atoms with Crippen LogP contribution in [0.15, 0.2) is 42.5 Å². The lowest BCUT2D eigenvalue weighted by Crippen LogP contribution is -2.46. The van der Waals surface area contributed by atoms with Crippen molar-refractivity contribution in [1.82, 2.24) is 10.2 Å². The first-order valence-electron chi connectivity index (χ1n) is 10.8. The van der Waals surface area contributed by atoms with Gasteiger partial charge in [-0.3, -0.25) is 9.59 Å². The zero-order chi connectivity index (χ0) is 21.6. The molecule has 0 saturated carbocycles. The molecule has 2 aromatic carbocycles. The third-order valence-electron chi connectivity index (χ3n) is 5.60. The van der Waals surface area contributed by atoms with Gasteiger partial charge in [0.05, 0.1) is 6.61 Å². The van der Waals surface area contributed by atoms with E-state index < -0.39 is 0 Å². The Kier molecular flexibility index (Phi) is 6.60. The molecule has 0 spiro atoms. The average Bonchev–Trinajstić information content (AvgIpc) is 3.26. The van der Waals surface area contributed by atoms with Gasteiger partial charge in [-0.05, 0) is 56.5 Å². The molecule has 2 heterocycles. The molecule has 0 bridgehead atoms. The highest BCUT2D eigenvalue weighted by atomic mass is 16.7. The third kappa shape index (κ3) is 5.48. The van der Waals surface area contributed by atoms with E-state index in [-0.39, 0.29) is 24.6 Å². The highest BCUT2D eigenvalue weighted by molar-refractivity contribution is 5.95. The number of fused-ring (bicyclic) bond motifs is 1. The van der Waals surface area contributed by atoms with E-state index in [2.05, 4.69) is 5.32 Å². The second-order valence-corrected chi connectivity index (χ2v) is 7.97. The minimum absolute atomic E-state index is 0.0173. The Morgan fingerprint density at radius 1 is 1.06 bits per heavy atom. The third-order valence-corrected chi connectivity index (χ3v) is 5.60. The Bertz CT molecular complexity index is 920. The van der Waals surface area contributed by atoms with Crippen molar-refractivity contribution in [2.75, 3.05) is 26.5 Å². The van der Waals surface area contributed by atoms with Crippen LogP contribution < -0.4 is 19.5 Å². The van der Waals surface area contributed by atoms with Crippen molar-refractivity contribution in [3.8, 4) is 17.2 Å². The lowest BCUT2D eigenvalue weighted by Gasteiger charge is -2.32. The molecule has 0 aromatic heterocycles. The van der Waals surface area contributed by atoms with E-state index in [0.29, 0.717) is 49.6 Å². The number of piperidine rings is 1. The minimum atomic E-state index is -0.0173. The Labute approximate surface area is 182 Å². The van der Waals surface area contributed by atoms with Gasteiger partial charge in [0.15, 0.2) is 11.5 Å². The van der Waals surface area contributed by atoms with Crippen LogP contribution in [0.2, 0.25) is 0 Å². The normalized spacial score (nSPS) is 15.6. The monoisotopic (exact) mass is 424 g/mol. The molecule has 31 heavy (non-hydrogen) atoms. The second kappa shape index (κ2) is 9.73. The van der Waals surface area contributed by atoms with Gasteiger partial charge in [-0.15, -0.1) is 0 Å². The van der Waals surface area contributed by atoms with Gasteiger partial charge < -0.3 is 24.4 Å². The summed E-state index contributed by atoms with van der Waals surface area (Å²) in [5, 5.41) is 3.09. The van der Waals surface area contributed by atoms with Gasteiger partial charge in [-0.2, -0.15) is 0 Å². The van der Waals surface area contributed by atoms with E-state index in [4.69, 9.17) is 14.2 Å². The molecule has 1 fully saturated rings. The number of benzene rings is 2. The fraction of sp³-hybridized carbons (Fsp3) is 0.417. The fourth-order valence-electron chi connectivity index (χ4n) is 3.80. The number of likely N-dealkylation sites (tertiary alicyclic amines) is 1. The Balaban J connectivity index is 1.15. The SMILES string of the molecule is Cc1ccc(OCCCC(=O)NC2CCN(C(=O)c3ccc4c(c3)OCO4)CC2)cc1. The van der Waals surface area contributed by atoms with Crippen molar-refractivity contribution in [2.24, 2.45) is 0 Å². The Morgan fingerprint density at radius 3 is 2.58 bits per heavy atom. The van der Waals surface area contributed by atoms with Crippen LogP contribution in [0, 0.1) is 6.92 Å². The summed E-state index contributed by atoms with van der Waals surface area (Å²) >= 11 is 0. The molecule has 2 aliphatic heterocycles. The number of hydrogen-bond donors (Lipinski definition) is 1. The first kappa shape index (κ1) is 21.0. The van der Waals surface area contributed by atoms with Crippen molar-refractivity contribution in [3.63, 3.8) is 0 Å². The molecule has 7 nitrogen and oxygen atoms in total. The van der Waals surface area contributed by atoms with Crippen LogP contribution >= 0.6 is 0 Å². The van der Waals surface area contributed by atoms with Crippen LogP contribution in [0.5, 0.6) is 17.2 Å². The number of nitrogens with zero attached hydrogens (tertiary/aromatic N) is 1. The molecule has 2 aromatic rings. The van der Waals surface area contributed by atoms with E-state index in [9.17, 15) is 9.59 Å². The largest absolute Gasteiger partial charge is 0.494 e. The van der Waals surface area contributed by atoms with Crippen LogP contribution in [-0.4, -0.2) is 49.2 Å². The molecule has 4 rings (SSSR count). The van der Waals surface area contributed by atoms with Gasteiger partial charge >= 0.3 is 0 Å². The number of hydrogen-bond acceptors (Lipinski definition) is 5. The average molecular weight is 424 g/mol. The van der Waals surface area contributed by atoms with Gasteiger partial charge in [-0.1, -0.05) is 17.7 Å². The number of carbonyl (C=O) groups excluding carboxylic acids is 2. The quantitative estimate of drug-likeness (QED) is 0.690. The number of amides is 2. The molecule has 2 amide bonds. The molecule has 0 radical (unpaired) electrons. The highest BCUT2D eigenvalue weighted by Gasteiger charge is 2.25. The maximum Gasteiger partial charge on any atom is 0.253 e. The van der Waals surface area contributed by atoms with E-state index in [1.165, 1.54) is 5.56 Å². The molecular formula is C24H28N2O5. The lowest BCUT2D eigenvalue weighted by molar-refractivity contribution is -0.122. The Hall–Kier alpha value is -3.22. The molecule has 0 unspecified atom stereocenters. The molecule has 2 aliphatic rings. The van der Waals surface area contributed by atoms with Crippen molar-refractivity contribution < 1.29 is 23.8 Å². The molecule has 1 saturated heterocycles. The first-order chi connectivity index (χ1) is 15.1. The van der Waals surface area contributed by atoms with Crippen LogP contribution in [0.25, 0.3) is 0 Å². The summed E-state index contributed by atoms with van der Waals surface area (Å²) in [6.45, 7) is 3.98. The summed E-state index contributed by atoms with van der Waals surface area (Å²) in [6.07, 6.45) is 2.60. The number of ether oxygens (including phenoxy) is 3. The molecule has 164 valence electrons. The van der Waals surface area contributed by atoms with Crippen LogP contribution in [0.4, 0.5) is 0 Å². The zero-order valence-electron chi connectivity index (χ0n) is 17.8. The van der Waals surface area contributed by atoms with E-state index in [1.54, 1.807) is 18.2 Å². The van der Waals surface area contributed by atoms with Gasteiger partial charge in [0.2, 0.25) is 12.7 Å². The van der Waals surface area contributed by atoms with E-state index in [0.717, 1.165) is 18.6 Å². The predicted molar refractivity (Wildman–Crippen MR) is 116 cm³/mol. The second-order valence-electron chi connectivity index (χ2n) is 7.97. The number of aryl methyl sites for hydroxylation is 1. The topological polar surface area (TPSA) is 77.1 Å². The van der Waals surface area contributed by atoms with Crippen molar-refractivity contribution >= 4 is 11.8 Å². The van der Waals surface area contributed by atoms with Gasteiger partial charge in [0.1, 0.15) is 5.75 Å². The maximum atomic E-state index is 12.8. The maximum absolute atomic E-state index is 12.8. The van der Waals surface area contributed by atoms with Crippen molar-refractivity contribution in [2.45, 2.75) is 38.6 Å². The number of rotatable bonds is 7. The summed E-state index contributed by atoms with van der Waals surface area (Å²) in [7, 11) is 0. The first-order valence-corrected chi connectivity index (χ1v) is 10.8. The molecule has 0 atom stereocenters. The van der Waals surface area contributed by atoms with E-state index >= 15 is 0 Å². The highest BCUT2D eigenvalue weighted by Crippen LogP contribution is 2.33. The summed E-state index contributed by atoms with van der Waals surface area (Å²) in [6, 6.07) is 13.3. The molecule has 7 heteroatoms. The van der Waals surface area contributed by atoms with Crippen molar-refractivity contribution in [1.29, 1.82) is 0 Å². The number of carbonyl (C=O) groups is 2. The minimum Gasteiger partial charge on any atom is -0.494 e. The van der Waals surface area contributed by atoms with Gasteiger partial charge in [0, 0.05) is 31.1 Å². The summed E-state index contributed by atoms with van der Waals surface area (Å²) < 4.78 is 16.3. The standard InChI is InChI=1S/C24H28N2O5/c1-17-4-7-20(8-5-17)29-14-2-3-23(27)25-19-10-12-26(13-11-19)24(28)18-6-9-21-22(15-18)31-16-30-21/h4-9,15,19H,2-3,10-14,16H2,1H3,(H,25,27). The lowest BCUT2D eigenvalue weighted by atomic mass is 10.0. The van der Waals surface area contributed by atoms with Gasteiger partial charge in [0.25, 0.3) is 5.91 Å². The fourth-order valence-corrected chi connectivity index (χ4v) is 3.80. The van der Waals surface area contributed by atoms with E-state index in [1.807, 2.05) is 36.1 Å². The molecular weight excluding hydrogens is 396 g/mol. The predicted octanol–water partition coefficient (Wildman–Crippen LogP) is 3.30. The summed E-state index contributed by atoms with van der Waals surface area (Å²) in [4.78, 5) is 26.8. The van der Waals surface area contributed by atoms with Gasteiger partial charge in [-0.25, -0.2) is 0 Å². The number of nitrogens with one attached hydrogen (secondary N) is 1. The van der Waals surface area contributed by atoms with Crippen molar-refractivity contribution in [3.05, 3.63) is 53.6 Å². The Morgan fingerprint density at radius 2 is 1.81 bits per heavy atom. The summed E-state index contributed by atoms with van der Waals surface area (Å²) in [5.74, 6) is 2.12. The molecule has 1 N–H and O–H groups in total. The smallest absolute Gasteiger partial charge is 0.253 e. The molecule has 0 aliphatic carbocycles. The zero-order valence-corrected chi connectivity index (χ0v) is 17.8.